The van der Waals surface area contributed by atoms with Crippen molar-refractivity contribution in [2.75, 3.05) is 11.9 Å². The molecule has 0 aliphatic carbocycles. The molecule has 0 fully saturated rings. The molecule has 3 aromatic heterocycles. The van der Waals surface area contributed by atoms with Crippen molar-refractivity contribution in [3.05, 3.63) is 74.7 Å². The van der Waals surface area contributed by atoms with Crippen molar-refractivity contribution in [2.45, 2.75) is 37.8 Å². The van der Waals surface area contributed by atoms with Crippen LogP contribution in [0.4, 0.5) is 36.4 Å². The lowest BCUT2D eigenvalue weighted by molar-refractivity contribution is -0.139. The van der Waals surface area contributed by atoms with E-state index in [1.54, 1.807) is 5.10 Å². The first-order chi connectivity index (χ1) is 18.8. The molecule has 0 bridgehead atoms. The Morgan fingerprint density at radius 3 is 2.33 bits per heavy atom. The molecule has 0 saturated carbocycles. The van der Waals surface area contributed by atoms with Crippen LogP contribution in [0.1, 0.15) is 24.0 Å². The van der Waals surface area contributed by atoms with E-state index in [1.807, 2.05) is 0 Å². The smallest absolute Gasteiger partial charge is 0.394 e. The van der Waals surface area contributed by atoms with E-state index in [1.165, 1.54) is 0 Å². The van der Waals surface area contributed by atoms with Gasteiger partial charge in [0.1, 0.15) is 11.4 Å². The summed E-state index contributed by atoms with van der Waals surface area (Å²) in [4.78, 5) is 35.7. The first-order valence-corrected chi connectivity index (χ1v) is 11.4. The third kappa shape index (κ3) is 6.08. The van der Waals surface area contributed by atoms with E-state index in [2.05, 4.69) is 25.4 Å². The predicted octanol–water partition coefficient (Wildman–Crippen LogP) is 3.37. The number of hydrogen-bond acceptors (Lipinski definition) is 8. The van der Waals surface area contributed by atoms with Gasteiger partial charge in [0, 0.05) is 25.0 Å². The summed E-state index contributed by atoms with van der Waals surface area (Å²) in [5.41, 5.74) is -5.60. The van der Waals surface area contributed by atoms with Crippen LogP contribution in [0.25, 0.3) is 22.3 Å². The molecule has 0 saturated heterocycles. The van der Waals surface area contributed by atoms with Crippen LogP contribution in [-0.4, -0.2) is 47.5 Å². The van der Waals surface area contributed by atoms with Crippen molar-refractivity contribution in [3.63, 3.8) is 0 Å². The van der Waals surface area contributed by atoms with Gasteiger partial charge in [0.25, 0.3) is 11.1 Å². The lowest BCUT2D eigenvalue weighted by Gasteiger charge is -2.20. The number of hydrogen-bond donors (Lipinski definition) is 3. The van der Waals surface area contributed by atoms with Gasteiger partial charge < -0.3 is 10.4 Å². The van der Waals surface area contributed by atoms with Gasteiger partial charge >= 0.3 is 12.4 Å². The monoisotopic (exact) mass is 573 g/mol. The molecule has 0 radical (unpaired) electrons. The van der Waals surface area contributed by atoms with Gasteiger partial charge in [0.2, 0.25) is 0 Å². The highest BCUT2D eigenvalue weighted by molar-refractivity contribution is 5.82. The van der Waals surface area contributed by atoms with Crippen LogP contribution in [-0.2, 0) is 18.9 Å². The zero-order valence-electron chi connectivity index (χ0n) is 20.0. The highest BCUT2D eigenvalue weighted by Crippen LogP contribution is 2.32. The van der Waals surface area contributed by atoms with E-state index in [9.17, 15) is 45.4 Å². The Balaban J connectivity index is 1.49. The number of benzene rings is 1. The van der Waals surface area contributed by atoms with Crippen molar-refractivity contribution in [1.82, 2.24) is 29.7 Å². The summed E-state index contributed by atoms with van der Waals surface area (Å²) in [5.74, 6) is -1.31. The molecule has 212 valence electrons. The number of anilines is 1. The van der Waals surface area contributed by atoms with E-state index in [-0.39, 0.29) is 41.7 Å². The SMILES string of the molecule is O=c1[nH]ncc(NC(CO)CCCn2cnc3cc(-c4ncc(C(F)(F)F)cn4)c(F)cc3c2=O)c1C(F)(F)F. The standard InChI is InChI=1S/C23H18F7N7O3/c24-15-4-14-16(5-13(15)19-31-6-11(7-32-19)22(25,26)27)33-10-37(21(14)40)3-1-2-12(9-38)35-17-8-34-36-20(39)18(17)23(28,29)30/h4-8,10,12,38H,1-3,9H2,(H2,35,36,39). The minimum Gasteiger partial charge on any atom is -0.394 e. The molecule has 0 amide bonds. The Morgan fingerprint density at radius 2 is 1.70 bits per heavy atom. The lowest BCUT2D eigenvalue weighted by atomic mass is 10.1. The van der Waals surface area contributed by atoms with Gasteiger partial charge in [0.15, 0.2) is 5.82 Å². The first-order valence-electron chi connectivity index (χ1n) is 11.4. The van der Waals surface area contributed by atoms with Crippen LogP contribution in [0.2, 0.25) is 0 Å². The number of halogens is 7. The van der Waals surface area contributed by atoms with E-state index in [4.69, 9.17) is 0 Å². The summed E-state index contributed by atoms with van der Waals surface area (Å²) in [6, 6.07) is 1.05. The number of alkyl halides is 6. The zero-order chi connectivity index (χ0) is 29.2. The highest BCUT2D eigenvalue weighted by Gasteiger charge is 2.37. The summed E-state index contributed by atoms with van der Waals surface area (Å²) in [7, 11) is 0. The maximum absolute atomic E-state index is 14.8. The number of aliphatic hydroxyl groups excluding tert-OH is 1. The maximum atomic E-state index is 14.8. The average Bonchev–Trinajstić information content (AvgIpc) is 2.88. The Kier molecular flexibility index (Phi) is 7.86. The second kappa shape index (κ2) is 11.0. The van der Waals surface area contributed by atoms with Crippen molar-refractivity contribution in [1.29, 1.82) is 0 Å². The number of aromatic amines is 1. The van der Waals surface area contributed by atoms with E-state index in [0.29, 0.717) is 12.4 Å². The molecule has 0 aliphatic heterocycles. The van der Waals surface area contributed by atoms with Crippen molar-refractivity contribution >= 4 is 16.6 Å². The van der Waals surface area contributed by atoms with Gasteiger partial charge in [-0.1, -0.05) is 0 Å². The topological polar surface area (TPSA) is 139 Å². The van der Waals surface area contributed by atoms with Crippen molar-refractivity contribution in [3.8, 4) is 11.4 Å². The number of aryl methyl sites for hydroxylation is 1. The second-order valence-corrected chi connectivity index (χ2v) is 8.54. The molecular weight excluding hydrogens is 555 g/mol. The summed E-state index contributed by atoms with van der Waals surface area (Å²) in [6.07, 6.45) is -6.52. The molecule has 4 rings (SSSR count). The summed E-state index contributed by atoms with van der Waals surface area (Å²) in [5, 5.41) is 16.9. The average molecular weight is 573 g/mol. The number of fused-ring (bicyclic) bond motifs is 1. The van der Waals surface area contributed by atoms with Crippen LogP contribution >= 0.6 is 0 Å². The largest absolute Gasteiger partial charge is 0.423 e. The molecule has 4 aromatic rings. The molecule has 0 spiro atoms. The molecule has 3 N–H and O–H groups in total. The fraction of sp³-hybridized carbons (Fsp3) is 0.304. The molecule has 1 atom stereocenters. The number of nitrogens with one attached hydrogen (secondary N) is 2. The van der Waals surface area contributed by atoms with Crippen LogP contribution in [0.5, 0.6) is 0 Å². The third-order valence-corrected chi connectivity index (χ3v) is 5.80. The Labute approximate surface area is 218 Å². The predicted molar refractivity (Wildman–Crippen MR) is 126 cm³/mol. The van der Waals surface area contributed by atoms with Gasteiger partial charge in [-0.05, 0) is 25.0 Å². The van der Waals surface area contributed by atoms with Gasteiger partial charge in [-0.15, -0.1) is 0 Å². The Hall–Kier alpha value is -4.41. The second-order valence-electron chi connectivity index (χ2n) is 8.54. The van der Waals surface area contributed by atoms with Crippen LogP contribution in [0, 0.1) is 5.82 Å². The molecule has 17 heteroatoms. The van der Waals surface area contributed by atoms with Gasteiger partial charge in [-0.2, -0.15) is 31.4 Å². The van der Waals surface area contributed by atoms with Gasteiger partial charge in [-0.25, -0.2) is 24.4 Å². The summed E-state index contributed by atoms with van der Waals surface area (Å²) in [6.45, 7) is -0.611. The van der Waals surface area contributed by atoms with Crippen molar-refractivity contribution in [2.24, 2.45) is 0 Å². The summed E-state index contributed by atoms with van der Waals surface area (Å²) >= 11 is 0. The quantitative estimate of drug-likeness (QED) is 0.273. The molecule has 10 nitrogen and oxygen atoms in total. The molecule has 0 aliphatic rings. The van der Waals surface area contributed by atoms with Gasteiger partial charge in [0.05, 0.1) is 46.8 Å². The molecule has 1 aromatic carbocycles. The Bertz CT molecular complexity index is 1630. The fourth-order valence-corrected chi connectivity index (χ4v) is 3.85. The third-order valence-electron chi connectivity index (χ3n) is 5.80. The summed E-state index contributed by atoms with van der Waals surface area (Å²) < 4.78 is 93.9. The minimum atomic E-state index is -4.98. The van der Waals surface area contributed by atoms with E-state index >= 15 is 0 Å². The van der Waals surface area contributed by atoms with Crippen LogP contribution in [0.15, 0.2) is 46.6 Å². The van der Waals surface area contributed by atoms with Gasteiger partial charge in [-0.3, -0.25) is 14.2 Å². The fourth-order valence-electron chi connectivity index (χ4n) is 3.85. The Morgan fingerprint density at radius 1 is 1.00 bits per heavy atom. The maximum Gasteiger partial charge on any atom is 0.423 e. The van der Waals surface area contributed by atoms with Crippen molar-refractivity contribution < 1.29 is 35.8 Å². The highest BCUT2D eigenvalue weighted by atomic mass is 19.4. The molecule has 40 heavy (non-hydrogen) atoms. The normalized spacial score (nSPS) is 13.0. The number of H-pyrrole nitrogens is 1. The molecular formula is C23H18F7N7O3. The molecule has 3 heterocycles. The van der Waals surface area contributed by atoms with Crippen LogP contribution in [0.3, 0.4) is 0 Å². The lowest BCUT2D eigenvalue weighted by Crippen LogP contribution is -2.30. The number of aliphatic hydroxyl groups is 1. The molecule has 1 unspecified atom stereocenters. The number of rotatable bonds is 8. The van der Waals surface area contributed by atoms with E-state index < -0.39 is 58.8 Å². The zero-order valence-corrected chi connectivity index (χ0v) is 20.0. The first kappa shape index (κ1) is 28.6. The number of aromatic nitrogens is 6. The number of nitrogens with zero attached hydrogens (tertiary/aromatic N) is 5. The van der Waals surface area contributed by atoms with E-state index in [0.717, 1.165) is 29.2 Å². The minimum absolute atomic E-state index is 0.00884. The van der Waals surface area contributed by atoms with Crippen LogP contribution < -0.4 is 16.4 Å².